The zero-order valence-corrected chi connectivity index (χ0v) is 22.8. The zero-order valence-electron chi connectivity index (χ0n) is 21.1. The molecule has 1 aromatic carbocycles. The van der Waals surface area contributed by atoms with Crippen molar-refractivity contribution >= 4 is 39.2 Å². The first-order valence-corrected chi connectivity index (χ1v) is 13.5. The van der Waals surface area contributed by atoms with Crippen LogP contribution in [0.5, 0.6) is 11.5 Å². The molecular formula is C22H30BClN3O10P. The van der Waals surface area contributed by atoms with Crippen molar-refractivity contribution in [2.75, 3.05) is 13.7 Å². The highest BCUT2D eigenvalue weighted by atomic mass is 35.5. The Kier molecular flexibility index (Phi) is 9.74. The van der Waals surface area contributed by atoms with Gasteiger partial charge in [-0.05, 0) is 39.0 Å². The molecule has 0 bridgehead atoms. The van der Waals surface area contributed by atoms with E-state index in [0.717, 1.165) is 4.90 Å². The number of ether oxygens (including phenoxy) is 3. The fraction of sp³-hybridized carbons (Fsp3) is 0.545. The third-order valence-corrected chi connectivity index (χ3v) is 7.46. The molecule has 208 valence electrons. The van der Waals surface area contributed by atoms with Gasteiger partial charge in [-0.3, -0.25) is 14.2 Å². The molecule has 3 rings (SSSR count). The molecule has 2 aliphatic rings. The van der Waals surface area contributed by atoms with Gasteiger partial charge in [-0.2, -0.15) is 5.09 Å². The Bertz CT molecular complexity index is 1090. The summed E-state index contributed by atoms with van der Waals surface area (Å²) in [5.41, 5.74) is 0. The SMILES string of the molecule is [B][C@]1(Cl)[C@H](O)[C@@H](COP(=O)(N[C@@H](C)C(=O)OC(C)C)Oc2cccc(OC)c2)O[C@H]1N1C=CC(O)NC1=O. The number of rotatable bonds is 11. The first kappa shape index (κ1) is 30.2. The van der Waals surface area contributed by atoms with Crippen LogP contribution in [0.15, 0.2) is 36.5 Å². The molecule has 2 aliphatic heterocycles. The van der Waals surface area contributed by atoms with Crippen LogP contribution in [0.4, 0.5) is 4.79 Å². The Morgan fingerprint density at radius 3 is 2.66 bits per heavy atom. The van der Waals surface area contributed by atoms with Crippen molar-refractivity contribution in [2.45, 2.75) is 62.4 Å². The fourth-order valence-corrected chi connectivity index (χ4v) is 5.33. The highest BCUT2D eigenvalue weighted by molar-refractivity contribution is 7.52. The summed E-state index contributed by atoms with van der Waals surface area (Å²) in [6, 6.07) is 4.28. The van der Waals surface area contributed by atoms with Gasteiger partial charge in [0.1, 0.15) is 37.7 Å². The molecule has 13 nitrogen and oxygen atoms in total. The largest absolute Gasteiger partial charge is 0.497 e. The number of methoxy groups -OCH3 is 1. The van der Waals surface area contributed by atoms with E-state index < -0.39 is 67.9 Å². The summed E-state index contributed by atoms with van der Waals surface area (Å²) >= 11 is 6.34. The second-order valence-corrected chi connectivity index (χ2v) is 11.2. The van der Waals surface area contributed by atoms with Gasteiger partial charge in [0, 0.05) is 12.3 Å². The molecule has 2 radical (unpaired) electrons. The number of nitrogens with zero attached hydrogens (tertiary/aromatic N) is 1. The van der Waals surface area contributed by atoms with E-state index in [4.69, 9.17) is 42.7 Å². The fourth-order valence-electron chi connectivity index (χ4n) is 3.54. The van der Waals surface area contributed by atoms with Crippen molar-refractivity contribution in [3.05, 3.63) is 36.5 Å². The van der Waals surface area contributed by atoms with E-state index in [1.165, 1.54) is 38.4 Å². The lowest BCUT2D eigenvalue weighted by Crippen LogP contribution is -2.56. The summed E-state index contributed by atoms with van der Waals surface area (Å²) in [6.07, 6.45) is -3.47. The van der Waals surface area contributed by atoms with Crippen molar-refractivity contribution in [1.29, 1.82) is 0 Å². The van der Waals surface area contributed by atoms with Gasteiger partial charge >= 0.3 is 19.7 Å². The van der Waals surface area contributed by atoms with Gasteiger partial charge in [0.15, 0.2) is 6.23 Å². The number of benzene rings is 1. The summed E-state index contributed by atoms with van der Waals surface area (Å²) in [5.74, 6) is -0.205. The van der Waals surface area contributed by atoms with Gasteiger partial charge in [0.2, 0.25) is 0 Å². The average Bonchev–Trinajstić information content (AvgIpc) is 3.06. The Balaban J connectivity index is 1.79. The maximum Gasteiger partial charge on any atom is 0.459 e. The number of carbonyl (C=O) groups is 2. The summed E-state index contributed by atoms with van der Waals surface area (Å²) in [4.78, 5) is 25.6. The van der Waals surface area contributed by atoms with Gasteiger partial charge < -0.3 is 34.3 Å². The van der Waals surface area contributed by atoms with Gasteiger partial charge in [0.05, 0.1) is 30.7 Å². The van der Waals surface area contributed by atoms with Crippen molar-refractivity contribution < 1.29 is 47.6 Å². The Labute approximate surface area is 226 Å². The smallest absolute Gasteiger partial charge is 0.459 e. The van der Waals surface area contributed by atoms with Gasteiger partial charge in [0.25, 0.3) is 0 Å². The number of nitrogens with one attached hydrogen (secondary N) is 2. The number of urea groups is 1. The molecule has 7 atom stereocenters. The Morgan fingerprint density at radius 1 is 1.34 bits per heavy atom. The molecular weight excluding hydrogens is 543 g/mol. The topological polar surface area (TPSA) is 165 Å². The van der Waals surface area contributed by atoms with Gasteiger partial charge in [-0.15, -0.1) is 11.6 Å². The molecule has 2 unspecified atom stereocenters. The van der Waals surface area contributed by atoms with Gasteiger partial charge in [-0.1, -0.05) is 6.07 Å². The molecule has 1 saturated heterocycles. The van der Waals surface area contributed by atoms with Crippen LogP contribution < -0.4 is 19.7 Å². The van der Waals surface area contributed by atoms with Crippen LogP contribution in [0.25, 0.3) is 0 Å². The quantitative estimate of drug-likeness (QED) is 0.130. The van der Waals surface area contributed by atoms with Crippen molar-refractivity contribution in [2.24, 2.45) is 0 Å². The van der Waals surface area contributed by atoms with Crippen molar-refractivity contribution in [3.8, 4) is 11.5 Å². The van der Waals surface area contributed by atoms with E-state index in [1.54, 1.807) is 26.0 Å². The van der Waals surface area contributed by atoms with Crippen LogP contribution in [0, 0.1) is 0 Å². The second kappa shape index (κ2) is 12.2. The first-order valence-electron chi connectivity index (χ1n) is 11.6. The number of aliphatic hydroxyl groups excluding tert-OH is 2. The third-order valence-electron chi connectivity index (χ3n) is 5.41. The normalized spacial score (nSPS) is 29.5. The summed E-state index contributed by atoms with van der Waals surface area (Å²) in [6.45, 7) is 4.15. The molecule has 0 spiro atoms. The van der Waals surface area contributed by atoms with E-state index in [2.05, 4.69) is 10.4 Å². The number of carbonyl (C=O) groups excluding carboxylic acids is 2. The number of amides is 2. The predicted molar refractivity (Wildman–Crippen MR) is 136 cm³/mol. The molecule has 1 aromatic rings. The highest BCUT2D eigenvalue weighted by Crippen LogP contribution is 2.47. The van der Waals surface area contributed by atoms with Gasteiger partial charge in [-0.25, -0.2) is 9.36 Å². The molecule has 16 heteroatoms. The maximum absolute atomic E-state index is 13.8. The van der Waals surface area contributed by atoms with Crippen LogP contribution >= 0.6 is 19.3 Å². The number of aliphatic hydroxyl groups is 2. The Morgan fingerprint density at radius 2 is 2.03 bits per heavy atom. The maximum atomic E-state index is 13.8. The van der Waals surface area contributed by atoms with E-state index in [0.29, 0.717) is 5.75 Å². The molecule has 1 fully saturated rings. The molecule has 0 aliphatic carbocycles. The van der Waals surface area contributed by atoms with Crippen molar-refractivity contribution in [3.63, 3.8) is 0 Å². The number of halogens is 1. The lowest BCUT2D eigenvalue weighted by Gasteiger charge is -2.35. The number of hydrogen-bond donors (Lipinski definition) is 4. The lowest BCUT2D eigenvalue weighted by molar-refractivity contribution is -0.149. The number of alkyl halides is 1. The van der Waals surface area contributed by atoms with Crippen LogP contribution in [0.2, 0.25) is 0 Å². The van der Waals surface area contributed by atoms with E-state index >= 15 is 0 Å². The molecule has 38 heavy (non-hydrogen) atoms. The first-order chi connectivity index (χ1) is 17.8. The van der Waals surface area contributed by atoms with Crippen LogP contribution in [-0.4, -0.2) is 90.3 Å². The zero-order chi connectivity index (χ0) is 28.3. The van der Waals surface area contributed by atoms with E-state index in [-0.39, 0.29) is 5.75 Å². The molecule has 0 aromatic heterocycles. The molecule has 4 N–H and O–H groups in total. The minimum absolute atomic E-state index is 0.0922. The summed E-state index contributed by atoms with van der Waals surface area (Å²) < 4.78 is 38.9. The van der Waals surface area contributed by atoms with Crippen molar-refractivity contribution in [1.82, 2.24) is 15.3 Å². The lowest BCUT2D eigenvalue weighted by atomic mass is 9.79. The second-order valence-electron chi connectivity index (χ2n) is 8.84. The van der Waals surface area contributed by atoms with E-state index in [1.807, 2.05) is 0 Å². The minimum atomic E-state index is -4.34. The highest BCUT2D eigenvalue weighted by Gasteiger charge is 2.55. The standard InChI is InChI=1S/C22H30BClN3O10P/c1-12(2)35-19(30)13(3)26-38(32,37-15-7-5-6-14(10-15)33-4)34-11-16-18(29)22(23,24)20(36-16)27-9-8-17(28)25-21(27)31/h5-10,12-13,16-18,20,28-29H,11H2,1-4H3,(H,25,31)(H,26,32)/t13-,16+,17?,18+,20+,22-,38?/m0/s1. The Hall–Kier alpha value is -2.32. The third kappa shape index (κ3) is 7.20. The molecule has 2 amide bonds. The van der Waals surface area contributed by atoms with Crippen LogP contribution in [0.1, 0.15) is 20.8 Å². The average molecular weight is 574 g/mol. The predicted octanol–water partition coefficient (Wildman–Crippen LogP) is 1.18. The van der Waals surface area contributed by atoms with Crippen LogP contribution in [-0.2, 0) is 23.4 Å². The molecule has 0 saturated carbocycles. The summed E-state index contributed by atoms with van der Waals surface area (Å²) in [5, 5.41) is 25.0. The summed E-state index contributed by atoms with van der Waals surface area (Å²) in [7, 11) is 3.17. The number of esters is 1. The van der Waals surface area contributed by atoms with Crippen LogP contribution in [0.3, 0.4) is 0 Å². The minimum Gasteiger partial charge on any atom is -0.497 e. The monoisotopic (exact) mass is 573 g/mol. The number of hydrogen-bond acceptors (Lipinski definition) is 10. The molecule has 2 heterocycles. The van der Waals surface area contributed by atoms with E-state index in [9.17, 15) is 24.4 Å².